The standard InChI is InChI=1S/C15H10N4O8S2/c20-14(17-15-16-6-12(28-15)19(21)22)10-3-4-13(27-10)29(23,24)18-8-1-2-9-11(5-8)26-7-25-9/h1-6,18H,7H2,(H,16,17,20). The molecular formula is C15H10N4O8S2. The summed E-state index contributed by atoms with van der Waals surface area (Å²) in [7, 11) is -4.12. The predicted molar refractivity (Wildman–Crippen MR) is 98.8 cm³/mol. The second-order valence-electron chi connectivity index (χ2n) is 5.51. The normalized spacial score (nSPS) is 12.6. The Morgan fingerprint density at radius 3 is 2.76 bits per heavy atom. The van der Waals surface area contributed by atoms with Gasteiger partial charge >= 0.3 is 5.00 Å². The summed E-state index contributed by atoms with van der Waals surface area (Å²) in [4.78, 5) is 25.9. The highest BCUT2D eigenvalue weighted by Gasteiger charge is 2.23. The highest BCUT2D eigenvalue weighted by atomic mass is 32.2. The van der Waals surface area contributed by atoms with Crippen LogP contribution in [-0.4, -0.2) is 31.0 Å². The molecule has 1 aliphatic heterocycles. The molecule has 1 aromatic carbocycles. The lowest BCUT2D eigenvalue weighted by Crippen LogP contribution is -2.13. The van der Waals surface area contributed by atoms with E-state index in [9.17, 15) is 23.3 Å². The van der Waals surface area contributed by atoms with Gasteiger partial charge in [-0.1, -0.05) is 0 Å². The number of furan rings is 1. The Morgan fingerprint density at radius 1 is 1.21 bits per heavy atom. The minimum Gasteiger partial charge on any atom is -0.454 e. The molecule has 0 aliphatic carbocycles. The maximum Gasteiger partial charge on any atom is 0.345 e. The third kappa shape index (κ3) is 3.83. The molecule has 0 fully saturated rings. The molecule has 0 saturated carbocycles. The number of rotatable bonds is 6. The first-order valence-corrected chi connectivity index (χ1v) is 10.1. The number of anilines is 2. The van der Waals surface area contributed by atoms with Crippen LogP contribution in [0.2, 0.25) is 0 Å². The van der Waals surface area contributed by atoms with E-state index in [1.165, 1.54) is 12.1 Å². The molecule has 0 atom stereocenters. The first-order chi connectivity index (χ1) is 13.8. The summed E-state index contributed by atoms with van der Waals surface area (Å²) >= 11 is 0.651. The summed E-state index contributed by atoms with van der Waals surface area (Å²) < 4.78 is 42.7. The van der Waals surface area contributed by atoms with E-state index in [-0.39, 0.29) is 28.4 Å². The van der Waals surface area contributed by atoms with Crippen LogP contribution in [0.3, 0.4) is 0 Å². The second-order valence-corrected chi connectivity index (χ2v) is 8.13. The zero-order chi connectivity index (χ0) is 20.6. The van der Waals surface area contributed by atoms with Gasteiger partial charge in [-0.3, -0.25) is 24.9 Å². The number of nitrogens with one attached hydrogen (secondary N) is 2. The summed E-state index contributed by atoms with van der Waals surface area (Å²) in [6, 6.07) is 6.75. The minimum absolute atomic E-state index is 0.0269. The van der Waals surface area contributed by atoms with Crippen molar-refractivity contribution in [2.45, 2.75) is 5.09 Å². The third-order valence-electron chi connectivity index (χ3n) is 3.59. The largest absolute Gasteiger partial charge is 0.454 e. The maximum absolute atomic E-state index is 12.5. The Kier molecular flexibility index (Phi) is 4.56. The molecule has 2 aromatic heterocycles. The van der Waals surface area contributed by atoms with Crippen LogP contribution in [-0.2, 0) is 10.0 Å². The van der Waals surface area contributed by atoms with Crippen LogP contribution in [0.15, 0.2) is 46.0 Å². The molecule has 4 rings (SSSR count). The van der Waals surface area contributed by atoms with Crippen molar-refractivity contribution in [1.82, 2.24) is 4.98 Å². The zero-order valence-electron chi connectivity index (χ0n) is 14.1. The fourth-order valence-corrected chi connectivity index (χ4v) is 3.93. The first kappa shape index (κ1) is 18.7. The molecule has 0 bridgehead atoms. The Hall–Kier alpha value is -3.65. The van der Waals surface area contributed by atoms with Crippen molar-refractivity contribution in [2.75, 3.05) is 16.8 Å². The van der Waals surface area contributed by atoms with Crippen molar-refractivity contribution in [3.63, 3.8) is 0 Å². The van der Waals surface area contributed by atoms with Gasteiger partial charge in [-0.15, -0.1) is 0 Å². The topological polar surface area (TPSA) is 163 Å². The van der Waals surface area contributed by atoms with E-state index in [1.54, 1.807) is 6.07 Å². The van der Waals surface area contributed by atoms with Crippen molar-refractivity contribution in [3.8, 4) is 11.5 Å². The molecule has 0 spiro atoms. The quantitative estimate of drug-likeness (QED) is 0.434. The van der Waals surface area contributed by atoms with Gasteiger partial charge in [0.1, 0.15) is 6.20 Å². The number of amides is 1. The van der Waals surface area contributed by atoms with Gasteiger partial charge in [0.2, 0.25) is 11.9 Å². The summed E-state index contributed by atoms with van der Waals surface area (Å²) in [5, 5.41) is 12.2. The second kappa shape index (κ2) is 7.06. The number of fused-ring (bicyclic) bond motifs is 1. The van der Waals surface area contributed by atoms with Crippen molar-refractivity contribution in [1.29, 1.82) is 0 Å². The molecule has 0 unspecified atom stereocenters. The third-order valence-corrected chi connectivity index (χ3v) is 5.71. The first-order valence-electron chi connectivity index (χ1n) is 7.76. The number of sulfonamides is 1. The summed E-state index contributed by atoms with van der Waals surface area (Å²) in [5.74, 6) is -0.234. The van der Waals surface area contributed by atoms with Gasteiger partial charge in [-0.25, -0.2) is 4.98 Å². The molecule has 3 heterocycles. The summed E-state index contributed by atoms with van der Waals surface area (Å²) in [6.07, 6.45) is 0.994. The number of thiazole rings is 1. The van der Waals surface area contributed by atoms with E-state index < -0.39 is 25.9 Å². The highest BCUT2D eigenvalue weighted by Crippen LogP contribution is 2.35. The fraction of sp³-hybridized carbons (Fsp3) is 0.0667. The molecule has 29 heavy (non-hydrogen) atoms. The maximum atomic E-state index is 12.5. The molecular weight excluding hydrogens is 428 g/mol. The monoisotopic (exact) mass is 438 g/mol. The molecule has 1 amide bonds. The van der Waals surface area contributed by atoms with Crippen molar-refractivity contribution < 1.29 is 32.0 Å². The zero-order valence-corrected chi connectivity index (χ0v) is 15.8. The number of nitro groups is 1. The lowest BCUT2D eigenvalue weighted by molar-refractivity contribution is -0.380. The number of benzene rings is 1. The van der Waals surface area contributed by atoms with Crippen LogP contribution in [0.4, 0.5) is 15.8 Å². The Bertz CT molecular complexity index is 1220. The number of aromatic nitrogens is 1. The number of hydrogen-bond acceptors (Lipinski definition) is 10. The van der Waals surface area contributed by atoms with Crippen LogP contribution >= 0.6 is 11.3 Å². The molecule has 0 saturated heterocycles. The highest BCUT2D eigenvalue weighted by molar-refractivity contribution is 7.92. The van der Waals surface area contributed by atoms with Crippen molar-refractivity contribution >= 4 is 43.1 Å². The van der Waals surface area contributed by atoms with Crippen LogP contribution in [0, 0.1) is 10.1 Å². The number of carbonyl (C=O) groups excluding carboxylic acids is 1. The Morgan fingerprint density at radius 2 is 2.00 bits per heavy atom. The lowest BCUT2D eigenvalue weighted by atomic mass is 10.3. The molecule has 12 nitrogen and oxygen atoms in total. The number of nitrogens with zero attached hydrogens (tertiary/aromatic N) is 2. The molecule has 150 valence electrons. The van der Waals surface area contributed by atoms with Crippen molar-refractivity contribution in [2.24, 2.45) is 0 Å². The van der Waals surface area contributed by atoms with Gasteiger partial charge in [-0.2, -0.15) is 8.42 Å². The Balaban J connectivity index is 1.48. The van der Waals surface area contributed by atoms with E-state index >= 15 is 0 Å². The molecule has 14 heteroatoms. The van der Waals surface area contributed by atoms with Crippen LogP contribution < -0.4 is 19.5 Å². The summed E-state index contributed by atoms with van der Waals surface area (Å²) in [6.45, 7) is 0.0461. The van der Waals surface area contributed by atoms with Gasteiger partial charge < -0.3 is 13.9 Å². The van der Waals surface area contributed by atoms with Crippen molar-refractivity contribution in [3.05, 3.63) is 52.4 Å². The van der Waals surface area contributed by atoms with Gasteiger partial charge in [0, 0.05) is 6.07 Å². The van der Waals surface area contributed by atoms with E-state index in [0.717, 1.165) is 18.3 Å². The number of hydrogen-bond donors (Lipinski definition) is 2. The van der Waals surface area contributed by atoms with Gasteiger partial charge in [0.05, 0.1) is 10.6 Å². The van der Waals surface area contributed by atoms with Gasteiger partial charge in [0.15, 0.2) is 22.4 Å². The minimum atomic E-state index is -4.12. The lowest BCUT2D eigenvalue weighted by Gasteiger charge is -2.06. The average molecular weight is 438 g/mol. The molecule has 1 aliphatic rings. The smallest absolute Gasteiger partial charge is 0.345 e. The molecule has 2 N–H and O–H groups in total. The number of carbonyl (C=O) groups is 1. The Labute approximate surface area is 166 Å². The van der Waals surface area contributed by atoms with E-state index in [0.29, 0.717) is 22.8 Å². The van der Waals surface area contributed by atoms with E-state index in [2.05, 4.69) is 15.0 Å². The van der Waals surface area contributed by atoms with Crippen LogP contribution in [0.1, 0.15) is 10.6 Å². The van der Waals surface area contributed by atoms with Gasteiger partial charge in [0.25, 0.3) is 15.9 Å². The number of ether oxygens (including phenoxy) is 2. The van der Waals surface area contributed by atoms with E-state index in [4.69, 9.17) is 13.9 Å². The molecule has 0 radical (unpaired) electrons. The predicted octanol–water partition coefficient (Wildman–Crippen LogP) is 2.43. The summed E-state index contributed by atoms with van der Waals surface area (Å²) in [5.41, 5.74) is 0.215. The van der Waals surface area contributed by atoms with Crippen LogP contribution in [0.25, 0.3) is 0 Å². The van der Waals surface area contributed by atoms with Gasteiger partial charge in [-0.05, 0) is 35.6 Å². The van der Waals surface area contributed by atoms with E-state index in [1.807, 2.05) is 0 Å². The SMILES string of the molecule is O=C(Nc1ncc([N+](=O)[O-])s1)c1ccc(S(=O)(=O)Nc2ccc3c(c2)OCO3)o1. The molecule has 3 aromatic rings. The fourth-order valence-electron chi connectivity index (χ4n) is 2.32. The van der Waals surface area contributed by atoms with Crippen LogP contribution in [0.5, 0.6) is 11.5 Å². The average Bonchev–Trinajstić information content (AvgIpc) is 3.41.